The lowest BCUT2D eigenvalue weighted by atomic mass is 9.97. The van der Waals surface area contributed by atoms with Crippen molar-refractivity contribution >= 4 is 17.3 Å². The van der Waals surface area contributed by atoms with E-state index in [1.807, 2.05) is 25.2 Å². The molecule has 1 aliphatic heterocycles. The molecule has 2 aromatic rings. The molecule has 1 aliphatic rings. The van der Waals surface area contributed by atoms with Gasteiger partial charge < -0.3 is 10.6 Å². The van der Waals surface area contributed by atoms with Gasteiger partial charge in [0, 0.05) is 24.8 Å². The van der Waals surface area contributed by atoms with E-state index in [2.05, 4.69) is 34.9 Å². The SMILES string of the molecule is CNc1cccc(-c2ccc3c(c2)CCC(=O)N3)c1. The Kier molecular flexibility index (Phi) is 2.95. The maximum absolute atomic E-state index is 11.3. The van der Waals surface area contributed by atoms with Crippen LogP contribution >= 0.6 is 0 Å². The summed E-state index contributed by atoms with van der Waals surface area (Å²) >= 11 is 0. The number of aryl methyl sites for hydroxylation is 1. The summed E-state index contributed by atoms with van der Waals surface area (Å²) in [6.07, 6.45) is 1.40. The molecule has 0 fully saturated rings. The van der Waals surface area contributed by atoms with Crippen molar-refractivity contribution in [1.82, 2.24) is 0 Å². The summed E-state index contributed by atoms with van der Waals surface area (Å²) in [4.78, 5) is 11.3. The van der Waals surface area contributed by atoms with Crippen LogP contribution in [-0.4, -0.2) is 13.0 Å². The molecule has 1 amide bonds. The molecular formula is C16H16N2O. The minimum Gasteiger partial charge on any atom is -0.388 e. The first-order chi connectivity index (χ1) is 9.26. The van der Waals surface area contributed by atoms with Crippen LogP contribution in [0.3, 0.4) is 0 Å². The van der Waals surface area contributed by atoms with E-state index in [0.717, 1.165) is 17.8 Å². The second-order valence-electron chi connectivity index (χ2n) is 4.75. The molecule has 0 aromatic heterocycles. The van der Waals surface area contributed by atoms with Crippen LogP contribution in [0.25, 0.3) is 11.1 Å². The molecule has 0 saturated carbocycles. The third-order valence-electron chi connectivity index (χ3n) is 3.49. The molecule has 19 heavy (non-hydrogen) atoms. The molecule has 0 radical (unpaired) electrons. The summed E-state index contributed by atoms with van der Waals surface area (Å²) in [7, 11) is 1.92. The van der Waals surface area contributed by atoms with Crippen LogP contribution in [0.4, 0.5) is 11.4 Å². The van der Waals surface area contributed by atoms with Gasteiger partial charge in [-0.05, 0) is 47.4 Å². The Hall–Kier alpha value is -2.29. The highest BCUT2D eigenvalue weighted by Gasteiger charge is 2.14. The van der Waals surface area contributed by atoms with E-state index in [-0.39, 0.29) is 5.91 Å². The van der Waals surface area contributed by atoms with Gasteiger partial charge in [-0.25, -0.2) is 0 Å². The second-order valence-corrected chi connectivity index (χ2v) is 4.75. The maximum Gasteiger partial charge on any atom is 0.224 e. The minimum absolute atomic E-state index is 0.109. The Bertz CT molecular complexity index is 634. The molecule has 3 nitrogen and oxygen atoms in total. The molecular weight excluding hydrogens is 236 g/mol. The van der Waals surface area contributed by atoms with Crippen molar-refractivity contribution in [2.45, 2.75) is 12.8 Å². The zero-order valence-electron chi connectivity index (χ0n) is 10.9. The summed E-state index contributed by atoms with van der Waals surface area (Å²) in [6.45, 7) is 0. The average Bonchev–Trinajstić information content (AvgIpc) is 2.46. The van der Waals surface area contributed by atoms with E-state index in [0.29, 0.717) is 6.42 Å². The molecule has 0 aliphatic carbocycles. The highest BCUT2D eigenvalue weighted by atomic mass is 16.1. The quantitative estimate of drug-likeness (QED) is 0.861. The molecule has 0 unspecified atom stereocenters. The Morgan fingerprint density at radius 3 is 2.74 bits per heavy atom. The van der Waals surface area contributed by atoms with Gasteiger partial charge in [-0.15, -0.1) is 0 Å². The van der Waals surface area contributed by atoms with E-state index in [4.69, 9.17) is 0 Å². The van der Waals surface area contributed by atoms with Crippen LogP contribution in [-0.2, 0) is 11.2 Å². The Morgan fingerprint density at radius 1 is 1.05 bits per heavy atom. The van der Waals surface area contributed by atoms with Crippen molar-refractivity contribution in [1.29, 1.82) is 0 Å². The van der Waals surface area contributed by atoms with Crippen molar-refractivity contribution in [3.8, 4) is 11.1 Å². The number of amides is 1. The van der Waals surface area contributed by atoms with Gasteiger partial charge in [0.05, 0.1) is 0 Å². The van der Waals surface area contributed by atoms with E-state index in [9.17, 15) is 4.79 Å². The van der Waals surface area contributed by atoms with Gasteiger partial charge >= 0.3 is 0 Å². The van der Waals surface area contributed by atoms with E-state index < -0.39 is 0 Å². The summed E-state index contributed by atoms with van der Waals surface area (Å²) < 4.78 is 0. The minimum atomic E-state index is 0.109. The molecule has 0 spiro atoms. The fraction of sp³-hybridized carbons (Fsp3) is 0.188. The lowest BCUT2D eigenvalue weighted by molar-refractivity contribution is -0.116. The Balaban J connectivity index is 1.99. The number of anilines is 2. The predicted octanol–water partition coefficient (Wildman–Crippen LogP) is 3.28. The second kappa shape index (κ2) is 4.76. The lowest BCUT2D eigenvalue weighted by Gasteiger charge is -2.17. The van der Waals surface area contributed by atoms with Crippen LogP contribution in [0.1, 0.15) is 12.0 Å². The van der Waals surface area contributed by atoms with Gasteiger partial charge in [0.2, 0.25) is 5.91 Å². The van der Waals surface area contributed by atoms with E-state index >= 15 is 0 Å². The monoisotopic (exact) mass is 252 g/mol. The zero-order chi connectivity index (χ0) is 13.2. The number of hydrogen-bond acceptors (Lipinski definition) is 2. The predicted molar refractivity (Wildman–Crippen MR) is 78.4 cm³/mol. The topological polar surface area (TPSA) is 41.1 Å². The van der Waals surface area contributed by atoms with Crippen molar-refractivity contribution < 1.29 is 4.79 Å². The fourth-order valence-corrected chi connectivity index (χ4v) is 2.42. The van der Waals surface area contributed by atoms with E-state index in [1.165, 1.54) is 16.7 Å². The number of fused-ring (bicyclic) bond motifs is 1. The van der Waals surface area contributed by atoms with Gasteiger partial charge in [0.15, 0.2) is 0 Å². The van der Waals surface area contributed by atoms with E-state index in [1.54, 1.807) is 0 Å². The Morgan fingerprint density at radius 2 is 1.89 bits per heavy atom. The smallest absolute Gasteiger partial charge is 0.224 e. The van der Waals surface area contributed by atoms with Crippen LogP contribution in [0.5, 0.6) is 0 Å². The standard InChI is InChI=1S/C16H16N2O/c1-17-14-4-2-3-11(10-14)12-5-7-15-13(9-12)6-8-16(19)18-15/h2-5,7,9-10,17H,6,8H2,1H3,(H,18,19). The zero-order valence-corrected chi connectivity index (χ0v) is 10.9. The first-order valence-corrected chi connectivity index (χ1v) is 6.47. The number of carbonyl (C=O) groups is 1. The third kappa shape index (κ3) is 2.32. The molecule has 96 valence electrons. The molecule has 0 saturated heterocycles. The summed E-state index contributed by atoms with van der Waals surface area (Å²) in [5, 5.41) is 6.06. The molecule has 1 heterocycles. The number of rotatable bonds is 2. The Labute approximate surface area is 112 Å². The number of nitrogens with one attached hydrogen (secondary N) is 2. The molecule has 3 rings (SSSR count). The number of benzene rings is 2. The van der Waals surface area contributed by atoms with Crippen molar-refractivity contribution in [2.24, 2.45) is 0 Å². The van der Waals surface area contributed by atoms with Crippen LogP contribution in [0.15, 0.2) is 42.5 Å². The molecule has 2 N–H and O–H groups in total. The largest absolute Gasteiger partial charge is 0.388 e. The normalized spacial score (nSPS) is 13.6. The van der Waals surface area contributed by atoms with Crippen LogP contribution in [0, 0.1) is 0 Å². The number of hydrogen-bond donors (Lipinski definition) is 2. The van der Waals surface area contributed by atoms with Crippen molar-refractivity contribution in [2.75, 3.05) is 17.7 Å². The fourth-order valence-electron chi connectivity index (χ4n) is 2.42. The van der Waals surface area contributed by atoms with Gasteiger partial charge in [-0.2, -0.15) is 0 Å². The summed E-state index contributed by atoms with van der Waals surface area (Å²) in [5.74, 6) is 0.109. The van der Waals surface area contributed by atoms with Crippen LogP contribution in [0.2, 0.25) is 0 Å². The highest BCUT2D eigenvalue weighted by Crippen LogP contribution is 2.29. The van der Waals surface area contributed by atoms with Gasteiger partial charge in [0.25, 0.3) is 0 Å². The first kappa shape index (κ1) is 11.8. The van der Waals surface area contributed by atoms with Gasteiger partial charge in [-0.1, -0.05) is 18.2 Å². The van der Waals surface area contributed by atoms with Crippen molar-refractivity contribution in [3.05, 3.63) is 48.0 Å². The van der Waals surface area contributed by atoms with Crippen LogP contribution < -0.4 is 10.6 Å². The highest BCUT2D eigenvalue weighted by molar-refractivity contribution is 5.94. The molecule has 0 bridgehead atoms. The third-order valence-corrected chi connectivity index (χ3v) is 3.49. The molecule has 0 atom stereocenters. The average molecular weight is 252 g/mol. The first-order valence-electron chi connectivity index (χ1n) is 6.47. The maximum atomic E-state index is 11.3. The summed E-state index contributed by atoms with van der Waals surface area (Å²) in [6, 6.07) is 14.5. The molecule has 2 aromatic carbocycles. The number of carbonyl (C=O) groups excluding carboxylic acids is 1. The lowest BCUT2D eigenvalue weighted by Crippen LogP contribution is -2.18. The van der Waals surface area contributed by atoms with Gasteiger partial charge in [0.1, 0.15) is 0 Å². The van der Waals surface area contributed by atoms with Gasteiger partial charge in [-0.3, -0.25) is 4.79 Å². The van der Waals surface area contributed by atoms with Crippen molar-refractivity contribution in [3.63, 3.8) is 0 Å². The molecule has 3 heteroatoms. The summed E-state index contributed by atoms with van der Waals surface area (Å²) in [5.41, 5.74) is 5.64.